The number of hydrogen-bond donors (Lipinski definition) is 2. The molecule has 0 aromatic heterocycles. The summed E-state index contributed by atoms with van der Waals surface area (Å²) >= 11 is 5.22. The zero-order valence-electron chi connectivity index (χ0n) is 20.5. The average Bonchev–Trinajstić information content (AvgIpc) is 2.87. The molecule has 3 aromatic carbocycles. The van der Waals surface area contributed by atoms with Gasteiger partial charge in [0.2, 0.25) is 0 Å². The highest BCUT2D eigenvalue weighted by Gasteiger charge is 2.34. The van der Waals surface area contributed by atoms with Crippen LogP contribution < -0.4 is 25.0 Å². The standard InChI is InChI=1S/C28H25N3O5S/c1-17-9-11-22(18(2)13-17)29-25(32)16-36-23-12-10-19(15-24(23)35-3)14-21-26(33)30-28(37)31(27(21)34)20-7-5-4-6-8-20/h4-15H,16H2,1-3H3,(H,29,32)(H,30,33,37)/b21-14-. The molecule has 2 N–H and O–H groups in total. The summed E-state index contributed by atoms with van der Waals surface area (Å²) in [5, 5.41) is 5.40. The molecule has 0 atom stereocenters. The number of benzene rings is 3. The van der Waals surface area contributed by atoms with Gasteiger partial charge < -0.3 is 14.8 Å². The molecule has 188 valence electrons. The van der Waals surface area contributed by atoms with Crippen LogP contribution in [0.1, 0.15) is 16.7 Å². The highest BCUT2D eigenvalue weighted by atomic mass is 32.1. The molecular weight excluding hydrogens is 490 g/mol. The molecule has 4 rings (SSSR count). The van der Waals surface area contributed by atoms with Crippen LogP contribution in [-0.4, -0.2) is 36.6 Å². The van der Waals surface area contributed by atoms with E-state index in [1.165, 1.54) is 18.1 Å². The number of para-hydroxylation sites is 1. The van der Waals surface area contributed by atoms with Gasteiger partial charge in [-0.05, 0) is 73.6 Å². The van der Waals surface area contributed by atoms with Crippen molar-refractivity contribution in [2.45, 2.75) is 13.8 Å². The van der Waals surface area contributed by atoms with Gasteiger partial charge >= 0.3 is 0 Å². The minimum atomic E-state index is -0.593. The van der Waals surface area contributed by atoms with Crippen LogP contribution in [0.3, 0.4) is 0 Å². The van der Waals surface area contributed by atoms with Crippen molar-refractivity contribution in [1.29, 1.82) is 0 Å². The van der Waals surface area contributed by atoms with Crippen molar-refractivity contribution >= 4 is 52.5 Å². The number of nitrogens with zero attached hydrogens (tertiary/aromatic N) is 1. The molecule has 0 radical (unpaired) electrons. The third-order valence-corrected chi connectivity index (χ3v) is 5.91. The van der Waals surface area contributed by atoms with Crippen molar-refractivity contribution < 1.29 is 23.9 Å². The van der Waals surface area contributed by atoms with Gasteiger partial charge in [-0.15, -0.1) is 0 Å². The van der Waals surface area contributed by atoms with Crippen molar-refractivity contribution in [3.63, 3.8) is 0 Å². The summed E-state index contributed by atoms with van der Waals surface area (Å²) in [6.45, 7) is 3.68. The van der Waals surface area contributed by atoms with Crippen LogP contribution in [0, 0.1) is 13.8 Å². The zero-order valence-corrected chi connectivity index (χ0v) is 21.3. The van der Waals surface area contributed by atoms with E-state index in [-0.39, 0.29) is 23.2 Å². The molecule has 0 unspecified atom stereocenters. The first-order valence-corrected chi connectivity index (χ1v) is 11.8. The Hall–Kier alpha value is -4.50. The van der Waals surface area contributed by atoms with Crippen LogP contribution >= 0.6 is 12.2 Å². The highest BCUT2D eigenvalue weighted by molar-refractivity contribution is 7.80. The Kier molecular flexibility index (Phi) is 7.64. The summed E-state index contributed by atoms with van der Waals surface area (Å²) < 4.78 is 11.1. The van der Waals surface area contributed by atoms with Crippen molar-refractivity contribution in [2.24, 2.45) is 0 Å². The fraction of sp³-hybridized carbons (Fsp3) is 0.143. The molecule has 3 aromatic rings. The Labute approximate surface area is 219 Å². The van der Waals surface area contributed by atoms with E-state index in [4.69, 9.17) is 21.7 Å². The summed E-state index contributed by atoms with van der Waals surface area (Å²) in [6.07, 6.45) is 1.45. The van der Waals surface area contributed by atoms with Crippen molar-refractivity contribution in [3.05, 3.63) is 89.0 Å². The fourth-order valence-corrected chi connectivity index (χ4v) is 4.09. The van der Waals surface area contributed by atoms with Crippen molar-refractivity contribution in [1.82, 2.24) is 5.32 Å². The molecule has 1 aliphatic rings. The van der Waals surface area contributed by atoms with E-state index in [0.717, 1.165) is 11.1 Å². The molecule has 8 nitrogen and oxygen atoms in total. The number of ether oxygens (including phenoxy) is 2. The van der Waals surface area contributed by atoms with Crippen LogP contribution in [0.4, 0.5) is 11.4 Å². The van der Waals surface area contributed by atoms with Crippen LogP contribution in [0.2, 0.25) is 0 Å². The number of anilines is 2. The van der Waals surface area contributed by atoms with Crippen LogP contribution in [-0.2, 0) is 14.4 Å². The van der Waals surface area contributed by atoms with E-state index in [9.17, 15) is 14.4 Å². The van der Waals surface area contributed by atoms with E-state index in [2.05, 4.69) is 10.6 Å². The molecule has 0 bridgehead atoms. The topological polar surface area (TPSA) is 97.0 Å². The monoisotopic (exact) mass is 515 g/mol. The summed E-state index contributed by atoms with van der Waals surface area (Å²) in [7, 11) is 1.46. The number of hydrogen-bond acceptors (Lipinski definition) is 6. The van der Waals surface area contributed by atoms with Gasteiger partial charge in [-0.2, -0.15) is 0 Å². The number of carbonyl (C=O) groups is 3. The van der Waals surface area contributed by atoms with Gasteiger partial charge in [0.05, 0.1) is 12.8 Å². The Bertz CT molecular complexity index is 1420. The molecule has 1 aliphatic heterocycles. The predicted octanol–water partition coefficient (Wildman–Crippen LogP) is 4.16. The van der Waals surface area contributed by atoms with E-state index in [0.29, 0.717) is 28.4 Å². The molecule has 1 heterocycles. The Morgan fingerprint density at radius 2 is 1.78 bits per heavy atom. The molecule has 0 spiro atoms. The number of thiocarbonyl (C=S) groups is 1. The lowest BCUT2D eigenvalue weighted by molar-refractivity contribution is -0.122. The second-order valence-corrected chi connectivity index (χ2v) is 8.75. The molecule has 9 heteroatoms. The van der Waals surface area contributed by atoms with Crippen LogP contribution in [0.5, 0.6) is 11.5 Å². The van der Waals surface area contributed by atoms with Gasteiger partial charge in [0, 0.05) is 5.69 Å². The van der Waals surface area contributed by atoms with Crippen LogP contribution in [0.15, 0.2) is 72.3 Å². The van der Waals surface area contributed by atoms with Crippen molar-refractivity contribution in [2.75, 3.05) is 23.9 Å². The minimum Gasteiger partial charge on any atom is -0.493 e. The van der Waals surface area contributed by atoms with Crippen molar-refractivity contribution in [3.8, 4) is 11.5 Å². The van der Waals surface area contributed by atoms with Gasteiger partial charge in [-0.1, -0.05) is 42.0 Å². The van der Waals surface area contributed by atoms with Crippen LogP contribution in [0.25, 0.3) is 6.08 Å². The Balaban J connectivity index is 1.50. The molecule has 0 saturated carbocycles. The van der Waals surface area contributed by atoms with E-state index in [1.807, 2.05) is 38.1 Å². The quantitative estimate of drug-likeness (QED) is 0.279. The second-order valence-electron chi connectivity index (χ2n) is 8.36. The normalized spacial score (nSPS) is 14.4. The average molecular weight is 516 g/mol. The smallest absolute Gasteiger partial charge is 0.270 e. The second kappa shape index (κ2) is 11.0. The van der Waals surface area contributed by atoms with E-state index < -0.39 is 11.8 Å². The van der Waals surface area contributed by atoms with E-state index >= 15 is 0 Å². The van der Waals surface area contributed by atoms with Gasteiger partial charge in [-0.3, -0.25) is 24.6 Å². The van der Waals surface area contributed by atoms with Gasteiger partial charge in [0.25, 0.3) is 17.7 Å². The largest absolute Gasteiger partial charge is 0.493 e. The summed E-state index contributed by atoms with van der Waals surface area (Å²) in [4.78, 5) is 39.4. The fourth-order valence-electron chi connectivity index (χ4n) is 3.81. The summed E-state index contributed by atoms with van der Waals surface area (Å²) in [5.41, 5.74) is 3.77. The first kappa shape index (κ1) is 25.6. The van der Waals surface area contributed by atoms with Gasteiger partial charge in [-0.25, -0.2) is 0 Å². The maximum Gasteiger partial charge on any atom is 0.270 e. The number of rotatable bonds is 7. The molecular formula is C28H25N3O5S. The Morgan fingerprint density at radius 1 is 1.03 bits per heavy atom. The maximum atomic E-state index is 13.2. The first-order valence-electron chi connectivity index (χ1n) is 11.4. The highest BCUT2D eigenvalue weighted by Crippen LogP contribution is 2.30. The number of nitrogens with one attached hydrogen (secondary N) is 2. The lowest BCUT2D eigenvalue weighted by Gasteiger charge is -2.28. The SMILES string of the molecule is COc1cc(/C=C2/C(=O)NC(=S)N(c3ccccc3)C2=O)ccc1OCC(=O)Nc1ccc(C)cc1C. The lowest BCUT2D eigenvalue weighted by atomic mass is 10.1. The molecule has 37 heavy (non-hydrogen) atoms. The number of carbonyl (C=O) groups excluding carboxylic acids is 3. The first-order chi connectivity index (χ1) is 17.8. The number of amides is 3. The minimum absolute atomic E-state index is 0.0128. The lowest BCUT2D eigenvalue weighted by Crippen LogP contribution is -2.54. The maximum absolute atomic E-state index is 13.2. The van der Waals surface area contributed by atoms with Gasteiger partial charge in [0.15, 0.2) is 23.2 Å². The summed E-state index contributed by atoms with van der Waals surface area (Å²) in [6, 6.07) is 19.5. The number of aryl methyl sites for hydroxylation is 2. The molecule has 1 saturated heterocycles. The zero-order chi connectivity index (χ0) is 26.5. The third kappa shape index (κ3) is 5.84. The Morgan fingerprint density at radius 3 is 2.49 bits per heavy atom. The summed E-state index contributed by atoms with van der Waals surface area (Å²) in [5.74, 6) is -0.770. The molecule has 0 aliphatic carbocycles. The predicted molar refractivity (Wildman–Crippen MR) is 146 cm³/mol. The third-order valence-electron chi connectivity index (χ3n) is 5.63. The number of methoxy groups -OCH3 is 1. The van der Waals surface area contributed by atoms with Gasteiger partial charge in [0.1, 0.15) is 5.57 Å². The van der Waals surface area contributed by atoms with E-state index in [1.54, 1.807) is 42.5 Å². The molecule has 1 fully saturated rings. The molecule has 3 amide bonds.